The van der Waals surface area contributed by atoms with Crippen LogP contribution in [0, 0.1) is 0 Å². The zero-order chi connectivity index (χ0) is 16.2. The lowest BCUT2D eigenvalue weighted by molar-refractivity contribution is -0.111. The maximum Gasteiger partial charge on any atom is 0.248 e. The van der Waals surface area contributed by atoms with Crippen molar-refractivity contribution in [3.8, 4) is 0 Å². The van der Waals surface area contributed by atoms with Gasteiger partial charge in [-0.15, -0.1) is 0 Å². The molecule has 3 rings (SSSR count). The van der Waals surface area contributed by atoms with Crippen LogP contribution in [0.15, 0.2) is 54.9 Å². The summed E-state index contributed by atoms with van der Waals surface area (Å²) < 4.78 is 1.86. The second kappa shape index (κ2) is 6.44. The van der Waals surface area contributed by atoms with Gasteiger partial charge in [-0.1, -0.05) is 30.3 Å². The van der Waals surface area contributed by atoms with Gasteiger partial charge in [-0.3, -0.25) is 4.79 Å². The number of benzene rings is 1. The van der Waals surface area contributed by atoms with Crippen LogP contribution in [0.4, 0.5) is 5.69 Å². The summed E-state index contributed by atoms with van der Waals surface area (Å²) in [4.78, 5) is 16.4. The number of rotatable bonds is 4. The zero-order valence-electron chi connectivity index (χ0n) is 13.1. The van der Waals surface area contributed by atoms with Gasteiger partial charge in [0.25, 0.3) is 0 Å². The second-order valence-corrected chi connectivity index (χ2v) is 5.55. The molecular formula is C18H18N4O. The SMILES string of the molecule is CC(C)n1ncc2cc(NC(=O)/C=C/c3ccccc3)cnc21. The second-order valence-electron chi connectivity index (χ2n) is 5.55. The van der Waals surface area contributed by atoms with Crippen LogP contribution in [0.2, 0.25) is 0 Å². The minimum absolute atomic E-state index is 0.189. The van der Waals surface area contributed by atoms with Crippen LogP contribution in [0.5, 0.6) is 0 Å². The minimum Gasteiger partial charge on any atom is -0.321 e. The first-order valence-electron chi connectivity index (χ1n) is 7.51. The van der Waals surface area contributed by atoms with Crippen molar-refractivity contribution < 1.29 is 4.79 Å². The van der Waals surface area contributed by atoms with Crippen molar-refractivity contribution in [2.75, 3.05) is 5.32 Å². The number of pyridine rings is 1. The normalized spacial score (nSPS) is 11.4. The Morgan fingerprint density at radius 3 is 2.74 bits per heavy atom. The van der Waals surface area contributed by atoms with Gasteiger partial charge < -0.3 is 5.32 Å². The standard InChI is InChI=1S/C18H18N4O/c1-13(2)22-18-15(11-20-22)10-16(12-19-18)21-17(23)9-8-14-6-4-3-5-7-14/h3-13H,1-2H3,(H,21,23)/b9-8+. The maximum absolute atomic E-state index is 12.0. The summed E-state index contributed by atoms with van der Waals surface area (Å²) >= 11 is 0. The number of carbonyl (C=O) groups excluding carboxylic acids is 1. The van der Waals surface area contributed by atoms with Crippen molar-refractivity contribution in [2.45, 2.75) is 19.9 Å². The lowest BCUT2D eigenvalue weighted by Crippen LogP contribution is -2.08. The summed E-state index contributed by atoms with van der Waals surface area (Å²) in [7, 11) is 0. The Kier molecular flexibility index (Phi) is 4.19. The number of aromatic nitrogens is 3. The maximum atomic E-state index is 12.0. The first-order chi connectivity index (χ1) is 11.1. The molecule has 0 aliphatic heterocycles. The molecule has 2 aromatic heterocycles. The van der Waals surface area contributed by atoms with Gasteiger partial charge in [0.2, 0.25) is 5.91 Å². The van der Waals surface area contributed by atoms with Crippen molar-refractivity contribution in [1.29, 1.82) is 0 Å². The summed E-state index contributed by atoms with van der Waals surface area (Å²) in [6.45, 7) is 4.11. The van der Waals surface area contributed by atoms with E-state index in [1.165, 1.54) is 6.08 Å². The predicted molar refractivity (Wildman–Crippen MR) is 92.0 cm³/mol. The van der Waals surface area contributed by atoms with Crippen LogP contribution in [0.25, 0.3) is 17.1 Å². The van der Waals surface area contributed by atoms with Crippen molar-refractivity contribution in [3.05, 3.63) is 60.4 Å². The highest BCUT2D eigenvalue weighted by atomic mass is 16.1. The summed E-state index contributed by atoms with van der Waals surface area (Å²) in [5.74, 6) is -0.189. The molecule has 0 fully saturated rings. The van der Waals surface area contributed by atoms with Crippen LogP contribution in [0.1, 0.15) is 25.5 Å². The van der Waals surface area contributed by atoms with Gasteiger partial charge in [-0.25, -0.2) is 9.67 Å². The fraction of sp³-hybridized carbons (Fsp3) is 0.167. The number of carbonyl (C=O) groups is 1. The molecule has 0 saturated carbocycles. The van der Waals surface area contributed by atoms with Gasteiger partial charge in [-0.05, 0) is 31.6 Å². The first-order valence-corrected chi connectivity index (χ1v) is 7.51. The Bertz CT molecular complexity index is 850. The fourth-order valence-electron chi connectivity index (χ4n) is 2.31. The van der Waals surface area contributed by atoms with Gasteiger partial charge in [0.15, 0.2) is 5.65 Å². The summed E-state index contributed by atoms with van der Waals surface area (Å²) in [6, 6.07) is 11.8. The molecule has 0 unspecified atom stereocenters. The molecule has 5 heteroatoms. The van der Waals surface area contributed by atoms with Crippen LogP contribution in [-0.4, -0.2) is 20.7 Å². The van der Waals surface area contributed by atoms with E-state index in [1.807, 2.05) is 41.1 Å². The molecule has 0 spiro atoms. The predicted octanol–water partition coefficient (Wildman–Crippen LogP) is 3.66. The molecule has 0 aliphatic rings. The summed E-state index contributed by atoms with van der Waals surface area (Å²) in [6.07, 6.45) is 6.70. The highest BCUT2D eigenvalue weighted by Gasteiger charge is 2.08. The van der Waals surface area contributed by atoms with Crippen molar-refractivity contribution in [3.63, 3.8) is 0 Å². The van der Waals surface area contributed by atoms with Crippen molar-refractivity contribution >= 4 is 28.7 Å². The average Bonchev–Trinajstić information content (AvgIpc) is 2.97. The van der Waals surface area contributed by atoms with Crippen LogP contribution in [-0.2, 0) is 4.79 Å². The Labute approximate surface area is 134 Å². The molecule has 1 amide bonds. The lowest BCUT2D eigenvalue weighted by atomic mass is 10.2. The number of amides is 1. The molecule has 0 atom stereocenters. The molecule has 0 bridgehead atoms. The average molecular weight is 306 g/mol. The number of anilines is 1. The Morgan fingerprint density at radius 1 is 1.22 bits per heavy atom. The van der Waals surface area contributed by atoms with E-state index in [9.17, 15) is 4.79 Å². The van der Waals surface area contributed by atoms with Crippen LogP contribution >= 0.6 is 0 Å². The largest absolute Gasteiger partial charge is 0.321 e. The molecule has 0 radical (unpaired) electrons. The number of fused-ring (bicyclic) bond motifs is 1. The van der Waals surface area contributed by atoms with E-state index < -0.39 is 0 Å². The lowest BCUT2D eigenvalue weighted by Gasteiger charge is -2.06. The van der Waals surface area contributed by atoms with E-state index in [-0.39, 0.29) is 11.9 Å². The van der Waals surface area contributed by atoms with Crippen molar-refractivity contribution in [1.82, 2.24) is 14.8 Å². The number of nitrogens with zero attached hydrogens (tertiary/aromatic N) is 3. The molecule has 116 valence electrons. The van der Waals surface area contributed by atoms with E-state index in [4.69, 9.17) is 0 Å². The van der Waals surface area contributed by atoms with Gasteiger partial charge in [0.1, 0.15) is 0 Å². The molecule has 1 N–H and O–H groups in total. The third-order valence-corrected chi connectivity index (χ3v) is 3.42. The molecule has 23 heavy (non-hydrogen) atoms. The van der Waals surface area contributed by atoms with E-state index in [2.05, 4.69) is 29.2 Å². The topological polar surface area (TPSA) is 59.8 Å². The molecule has 5 nitrogen and oxygen atoms in total. The van der Waals surface area contributed by atoms with E-state index >= 15 is 0 Å². The Hall–Kier alpha value is -2.95. The molecule has 0 saturated heterocycles. The smallest absolute Gasteiger partial charge is 0.248 e. The third-order valence-electron chi connectivity index (χ3n) is 3.42. The summed E-state index contributed by atoms with van der Waals surface area (Å²) in [5, 5.41) is 8.04. The van der Waals surface area contributed by atoms with Gasteiger partial charge in [0, 0.05) is 17.5 Å². The zero-order valence-corrected chi connectivity index (χ0v) is 13.1. The summed E-state index contributed by atoms with van der Waals surface area (Å²) in [5.41, 5.74) is 2.45. The third kappa shape index (κ3) is 3.45. The van der Waals surface area contributed by atoms with Crippen LogP contribution in [0.3, 0.4) is 0 Å². The highest BCUT2D eigenvalue weighted by molar-refractivity contribution is 6.02. The number of nitrogens with one attached hydrogen (secondary N) is 1. The number of hydrogen-bond donors (Lipinski definition) is 1. The molecular weight excluding hydrogens is 288 g/mol. The quantitative estimate of drug-likeness (QED) is 0.748. The fourth-order valence-corrected chi connectivity index (χ4v) is 2.31. The van der Waals surface area contributed by atoms with E-state index in [1.54, 1.807) is 18.5 Å². The highest BCUT2D eigenvalue weighted by Crippen LogP contribution is 2.19. The van der Waals surface area contributed by atoms with E-state index in [0.29, 0.717) is 5.69 Å². The van der Waals surface area contributed by atoms with Crippen LogP contribution < -0.4 is 5.32 Å². The Balaban J connectivity index is 1.74. The van der Waals surface area contributed by atoms with Gasteiger partial charge in [0.05, 0.1) is 18.1 Å². The van der Waals surface area contributed by atoms with Gasteiger partial charge in [-0.2, -0.15) is 5.10 Å². The van der Waals surface area contributed by atoms with E-state index in [0.717, 1.165) is 16.6 Å². The van der Waals surface area contributed by atoms with Gasteiger partial charge >= 0.3 is 0 Å². The monoisotopic (exact) mass is 306 g/mol. The molecule has 0 aliphatic carbocycles. The van der Waals surface area contributed by atoms with Crippen molar-refractivity contribution in [2.24, 2.45) is 0 Å². The first kappa shape index (κ1) is 15.0. The number of hydrogen-bond acceptors (Lipinski definition) is 3. The molecule has 3 aromatic rings. The molecule has 2 heterocycles. The minimum atomic E-state index is -0.189. The Morgan fingerprint density at radius 2 is 2.00 bits per heavy atom. The molecule has 1 aromatic carbocycles.